The van der Waals surface area contributed by atoms with Crippen molar-refractivity contribution in [2.75, 3.05) is 33.3 Å². The number of piperazine rings is 1. The highest BCUT2D eigenvalue weighted by atomic mass is 19.4. The molecule has 1 aliphatic heterocycles. The van der Waals surface area contributed by atoms with Crippen LogP contribution < -0.4 is 4.74 Å². The molecular weight excluding hydrogens is 521 g/mol. The fourth-order valence-electron chi connectivity index (χ4n) is 4.67. The van der Waals surface area contributed by atoms with E-state index in [-0.39, 0.29) is 16.9 Å². The predicted octanol–water partition coefficient (Wildman–Crippen LogP) is 5.32. The third-order valence-corrected chi connectivity index (χ3v) is 6.66. The van der Waals surface area contributed by atoms with Gasteiger partial charge in [0.15, 0.2) is 5.65 Å². The Morgan fingerprint density at radius 1 is 1.03 bits per heavy atom. The summed E-state index contributed by atoms with van der Waals surface area (Å²) in [5, 5.41) is 4.03. The van der Waals surface area contributed by atoms with E-state index in [1.54, 1.807) is 35.2 Å². The van der Waals surface area contributed by atoms with Crippen LogP contribution in [0.4, 0.5) is 22.0 Å². The molecule has 0 atom stereocenters. The number of alkyl halides is 5. The van der Waals surface area contributed by atoms with E-state index in [4.69, 9.17) is 4.74 Å². The quantitative estimate of drug-likeness (QED) is 0.307. The normalized spacial score (nSPS) is 14.8. The standard InChI is InChI=1S/C27H24F5N5O2/c1-39-23-8-3-2-7-19(23)21-14-22(24(28)29)37-25(34-21)20(15-33-37)26(38)36-11-9-35(10-12-36)16-17-5-4-6-18(13-17)27(30,31)32/h2-8,13-15,24H,9-12,16H2,1H3. The van der Waals surface area contributed by atoms with Crippen molar-refractivity contribution in [3.63, 3.8) is 0 Å². The van der Waals surface area contributed by atoms with Crippen molar-refractivity contribution in [3.05, 3.63) is 83.2 Å². The maximum absolute atomic E-state index is 14.0. The van der Waals surface area contributed by atoms with E-state index in [1.807, 2.05) is 4.90 Å². The maximum atomic E-state index is 14.0. The number of methoxy groups -OCH3 is 1. The molecule has 1 saturated heterocycles. The zero-order valence-electron chi connectivity index (χ0n) is 20.8. The highest BCUT2D eigenvalue weighted by Crippen LogP contribution is 2.33. The molecule has 2 aromatic heterocycles. The molecule has 0 bridgehead atoms. The van der Waals surface area contributed by atoms with Crippen LogP contribution in [-0.4, -0.2) is 63.6 Å². The molecule has 4 aromatic rings. The molecule has 39 heavy (non-hydrogen) atoms. The van der Waals surface area contributed by atoms with Crippen molar-refractivity contribution >= 4 is 11.6 Å². The molecule has 0 N–H and O–H groups in total. The predicted molar refractivity (Wildman–Crippen MR) is 133 cm³/mol. The molecule has 2 aromatic carbocycles. The number of carbonyl (C=O) groups is 1. The van der Waals surface area contributed by atoms with Crippen LogP contribution in [0.1, 0.15) is 33.6 Å². The summed E-state index contributed by atoms with van der Waals surface area (Å²) in [5.41, 5.74) is 0.212. The Balaban J connectivity index is 1.37. The number of halogens is 5. The van der Waals surface area contributed by atoms with E-state index in [9.17, 15) is 26.7 Å². The van der Waals surface area contributed by atoms with Gasteiger partial charge in [0.25, 0.3) is 12.3 Å². The number of benzene rings is 2. The second-order valence-electron chi connectivity index (χ2n) is 9.13. The molecule has 0 saturated carbocycles. The van der Waals surface area contributed by atoms with Gasteiger partial charge in [-0.2, -0.15) is 18.3 Å². The van der Waals surface area contributed by atoms with Gasteiger partial charge in [0.2, 0.25) is 0 Å². The Hall–Kier alpha value is -4.06. The van der Waals surface area contributed by atoms with Gasteiger partial charge in [-0.3, -0.25) is 9.69 Å². The first-order valence-corrected chi connectivity index (χ1v) is 12.1. The van der Waals surface area contributed by atoms with Crippen molar-refractivity contribution in [2.45, 2.75) is 19.1 Å². The second-order valence-corrected chi connectivity index (χ2v) is 9.13. The number of para-hydroxylation sites is 1. The molecule has 0 spiro atoms. The van der Waals surface area contributed by atoms with Crippen molar-refractivity contribution in [1.29, 1.82) is 0 Å². The first-order valence-electron chi connectivity index (χ1n) is 12.1. The van der Waals surface area contributed by atoms with Crippen LogP contribution in [0.3, 0.4) is 0 Å². The molecule has 0 aliphatic carbocycles. The van der Waals surface area contributed by atoms with Crippen LogP contribution in [0.25, 0.3) is 16.9 Å². The zero-order valence-corrected chi connectivity index (χ0v) is 20.8. The molecule has 5 rings (SSSR count). The van der Waals surface area contributed by atoms with Crippen molar-refractivity contribution in [3.8, 4) is 17.0 Å². The van der Waals surface area contributed by atoms with Gasteiger partial charge in [0, 0.05) is 38.3 Å². The lowest BCUT2D eigenvalue weighted by molar-refractivity contribution is -0.137. The van der Waals surface area contributed by atoms with Crippen LogP contribution >= 0.6 is 0 Å². The molecular formula is C27H24F5N5O2. The number of aromatic nitrogens is 3. The van der Waals surface area contributed by atoms with Crippen LogP contribution in [0.2, 0.25) is 0 Å². The van der Waals surface area contributed by atoms with Crippen molar-refractivity contribution in [2.24, 2.45) is 0 Å². The fraction of sp³-hybridized carbons (Fsp3) is 0.296. The molecule has 1 amide bonds. The van der Waals surface area contributed by atoms with Gasteiger partial charge in [-0.15, -0.1) is 0 Å². The topological polar surface area (TPSA) is 63.0 Å². The minimum absolute atomic E-state index is 0.00472. The number of carbonyl (C=O) groups excluding carboxylic acids is 1. The van der Waals surface area contributed by atoms with Gasteiger partial charge in [-0.05, 0) is 29.8 Å². The summed E-state index contributed by atoms with van der Waals surface area (Å²) >= 11 is 0. The van der Waals surface area contributed by atoms with E-state index < -0.39 is 29.8 Å². The molecule has 12 heteroatoms. The van der Waals surface area contributed by atoms with Crippen LogP contribution in [-0.2, 0) is 12.7 Å². The molecule has 0 radical (unpaired) electrons. The van der Waals surface area contributed by atoms with Crippen LogP contribution in [0, 0.1) is 0 Å². The molecule has 1 aliphatic rings. The van der Waals surface area contributed by atoms with Crippen molar-refractivity contribution < 1.29 is 31.5 Å². The number of nitrogens with zero attached hydrogens (tertiary/aromatic N) is 5. The molecule has 204 valence electrons. The van der Waals surface area contributed by atoms with Gasteiger partial charge >= 0.3 is 6.18 Å². The van der Waals surface area contributed by atoms with Gasteiger partial charge in [-0.25, -0.2) is 18.3 Å². The average Bonchev–Trinajstić information content (AvgIpc) is 3.36. The summed E-state index contributed by atoms with van der Waals surface area (Å²) in [6.07, 6.45) is -6.05. The third-order valence-electron chi connectivity index (χ3n) is 6.66. The number of hydrogen-bond acceptors (Lipinski definition) is 5. The summed E-state index contributed by atoms with van der Waals surface area (Å²) in [7, 11) is 1.46. The lowest BCUT2D eigenvalue weighted by Gasteiger charge is -2.34. The monoisotopic (exact) mass is 545 g/mol. The Morgan fingerprint density at radius 2 is 1.77 bits per heavy atom. The molecule has 1 fully saturated rings. The number of amides is 1. The van der Waals surface area contributed by atoms with Gasteiger partial charge in [-0.1, -0.05) is 30.3 Å². The molecule has 3 heterocycles. The lowest BCUT2D eigenvalue weighted by Crippen LogP contribution is -2.48. The highest BCUT2D eigenvalue weighted by molar-refractivity contribution is 6.00. The van der Waals surface area contributed by atoms with Gasteiger partial charge in [0.05, 0.1) is 24.6 Å². The van der Waals surface area contributed by atoms with E-state index in [2.05, 4.69) is 10.1 Å². The third kappa shape index (κ3) is 5.42. The minimum Gasteiger partial charge on any atom is -0.496 e. The van der Waals surface area contributed by atoms with E-state index >= 15 is 0 Å². The van der Waals surface area contributed by atoms with Crippen LogP contribution in [0.5, 0.6) is 5.75 Å². The summed E-state index contributed by atoms with van der Waals surface area (Å²) < 4.78 is 73.4. The highest BCUT2D eigenvalue weighted by Gasteiger charge is 2.31. The van der Waals surface area contributed by atoms with E-state index in [0.717, 1.165) is 16.6 Å². The molecule has 0 unspecified atom stereocenters. The smallest absolute Gasteiger partial charge is 0.416 e. The van der Waals surface area contributed by atoms with E-state index in [0.29, 0.717) is 49.6 Å². The summed E-state index contributed by atoms with van der Waals surface area (Å²) in [6.45, 7) is 1.79. The Labute approximate surface area is 220 Å². The number of ether oxygens (including phenoxy) is 1. The SMILES string of the molecule is COc1ccccc1-c1cc(C(F)F)n2ncc(C(=O)N3CCN(Cc4cccc(C(F)(F)F)c4)CC3)c2n1. The Bertz CT molecular complexity index is 1500. The average molecular weight is 546 g/mol. The number of fused-ring (bicyclic) bond motifs is 1. The van der Waals surface area contributed by atoms with Gasteiger partial charge in [0.1, 0.15) is 17.0 Å². The zero-order chi connectivity index (χ0) is 27.7. The fourth-order valence-corrected chi connectivity index (χ4v) is 4.67. The number of rotatable bonds is 6. The van der Waals surface area contributed by atoms with Crippen LogP contribution in [0.15, 0.2) is 60.8 Å². The second kappa shape index (κ2) is 10.6. The van der Waals surface area contributed by atoms with Gasteiger partial charge < -0.3 is 9.64 Å². The minimum atomic E-state index is -4.42. The Kier molecular flexibility index (Phi) is 7.21. The molecule has 7 nitrogen and oxygen atoms in total. The first kappa shape index (κ1) is 26.5. The summed E-state index contributed by atoms with van der Waals surface area (Å²) in [6, 6.07) is 13.2. The largest absolute Gasteiger partial charge is 0.496 e. The summed E-state index contributed by atoms with van der Waals surface area (Å²) in [5.74, 6) is 0.0347. The number of hydrogen-bond donors (Lipinski definition) is 0. The Morgan fingerprint density at radius 3 is 2.46 bits per heavy atom. The van der Waals surface area contributed by atoms with E-state index in [1.165, 1.54) is 25.4 Å². The first-order chi connectivity index (χ1) is 18.7. The maximum Gasteiger partial charge on any atom is 0.416 e. The summed E-state index contributed by atoms with van der Waals surface area (Å²) in [4.78, 5) is 21.5. The lowest BCUT2D eigenvalue weighted by atomic mass is 10.1. The van der Waals surface area contributed by atoms with Crippen molar-refractivity contribution in [1.82, 2.24) is 24.4 Å².